The van der Waals surface area contributed by atoms with E-state index in [0.29, 0.717) is 0 Å². The van der Waals surface area contributed by atoms with E-state index in [0.717, 1.165) is 22.1 Å². The zero-order valence-corrected chi connectivity index (χ0v) is 11.5. The first-order valence-corrected chi connectivity index (χ1v) is 7.13. The molecule has 0 saturated carbocycles. The number of pyridine rings is 1. The third-order valence-electron chi connectivity index (χ3n) is 2.48. The predicted octanol–water partition coefficient (Wildman–Crippen LogP) is 3.40. The molecular weight excluding hydrogens is 264 g/mol. The summed E-state index contributed by atoms with van der Waals surface area (Å²) in [5.74, 6) is 0.870. The fourth-order valence-electron chi connectivity index (χ4n) is 1.64. The van der Waals surface area contributed by atoms with Crippen molar-refractivity contribution in [1.29, 1.82) is 0 Å². The van der Waals surface area contributed by atoms with Gasteiger partial charge in [0.25, 0.3) is 0 Å². The fraction of sp³-hybridized carbons (Fsp3) is 0.214. The second-order valence-corrected chi connectivity index (χ2v) is 5.62. The lowest BCUT2D eigenvalue weighted by Crippen LogP contribution is -2.25. The van der Waals surface area contributed by atoms with Crippen LogP contribution in [0.25, 0.3) is 0 Å². The summed E-state index contributed by atoms with van der Waals surface area (Å²) in [4.78, 5) is 5.24. The number of thioether (sulfide) groups is 1. The molecule has 1 aromatic carbocycles. The Hall–Kier alpha value is -1.03. The Bertz CT molecular complexity index is 490. The SMILES string of the molecule is NC(CSc1cccc(Cl)c1)Cc1cccnc1. The quantitative estimate of drug-likeness (QED) is 0.852. The number of benzene rings is 1. The van der Waals surface area contributed by atoms with Gasteiger partial charge in [0.15, 0.2) is 0 Å². The van der Waals surface area contributed by atoms with E-state index < -0.39 is 0 Å². The summed E-state index contributed by atoms with van der Waals surface area (Å²) in [6.45, 7) is 0. The molecule has 0 bridgehead atoms. The maximum absolute atomic E-state index is 6.11. The van der Waals surface area contributed by atoms with Crippen molar-refractivity contribution in [2.24, 2.45) is 5.73 Å². The molecule has 2 N–H and O–H groups in total. The maximum Gasteiger partial charge on any atom is 0.0417 e. The molecular formula is C14H15ClN2S. The average molecular weight is 279 g/mol. The van der Waals surface area contributed by atoms with Gasteiger partial charge in [-0.25, -0.2) is 0 Å². The lowest BCUT2D eigenvalue weighted by Gasteiger charge is -2.11. The van der Waals surface area contributed by atoms with Crippen LogP contribution in [0.5, 0.6) is 0 Å². The van der Waals surface area contributed by atoms with Crippen LogP contribution >= 0.6 is 23.4 Å². The number of nitrogens with two attached hydrogens (primary N) is 1. The Balaban J connectivity index is 1.83. The minimum atomic E-state index is 0.123. The number of rotatable bonds is 5. The van der Waals surface area contributed by atoms with E-state index in [-0.39, 0.29) is 6.04 Å². The van der Waals surface area contributed by atoms with Gasteiger partial charge in [0, 0.05) is 34.1 Å². The van der Waals surface area contributed by atoms with E-state index in [4.69, 9.17) is 17.3 Å². The Labute approximate surface area is 117 Å². The van der Waals surface area contributed by atoms with Crippen molar-refractivity contribution in [2.75, 3.05) is 5.75 Å². The second-order valence-electron chi connectivity index (χ2n) is 4.09. The van der Waals surface area contributed by atoms with Crippen molar-refractivity contribution in [1.82, 2.24) is 4.98 Å². The number of aromatic nitrogens is 1. The second kappa shape index (κ2) is 6.78. The van der Waals surface area contributed by atoms with Crippen molar-refractivity contribution in [3.05, 3.63) is 59.4 Å². The Kier molecular flexibility index (Phi) is 5.05. The molecule has 0 aliphatic carbocycles. The molecule has 0 radical (unpaired) electrons. The zero-order chi connectivity index (χ0) is 12.8. The monoisotopic (exact) mass is 278 g/mol. The summed E-state index contributed by atoms with van der Waals surface area (Å²) in [6.07, 6.45) is 4.49. The van der Waals surface area contributed by atoms with Crippen LogP contribution in [-0.4, -0.2) is 16.8 Å². The van der Waals surface area contributed by atoms with Gasteiger partial charge in [-0.05, 0) is 36.2 Å². The highest BCUT2D eigenvalue weighted by molar-refractivity contribution is 7.99. The molecule has 0 aliphatic heterocycles. The molecule has 0 aliphatic rings. The summed E-state index contributed by atoms with van der Waals surface area (Å²) in [7, 11) is 0. The van der Waals surface area contributed by atoms with Crippen molar-refractivity contribution >= 4 is 23.4 Å². The van der Waals surface area contributed by atoms with Crippen LogP contribution in [0, 0.1) is 0 Å². The molecule has 2 nitrogen and oxygen atoms in total. The van der Waals surface area contributed by atoms with Gasteiger partial charge in [-0.1, -0.05) is 23.7 Å². The molecule has 94 valence electrons. The Morgan fingerprint density at radius 3 is 2.89 bits per heavy atom. The topological polar surface area (TPSA) is 38.9 Å². The molecule has 1 aromatic heterocycles. The smallest absolute Gasteiger partial charge is 0.0417 e. The van der Waals surface area contributed by atoms with Crippen LogP contribution in [-0.2, 0) is 6.42 Å². The number of hydrogen-bond acceptors (Lipinski definition) is 3. The van der Waals surface area contributed by atoms with Gasteiger partial charge in [-0.2, -0.15) is 0 Å². The van der Waals surface area contributed by atoms with Gasteiger partial charge >= 0.3 is 0 Å². The van der Waals surface area contributed by atoms with Gasteiger partial charge in [0.05, 0.1) is 0 Å². The molecule has 2 aromatic rings. The molecule has 4 heteroatoms. The van der Waals surface area contributed by atoms with Crippen LogP contribution in [0.3, 0.4) is 0 Å². The van der Waals surface area contributed by atoms with E-state index in [9.17, 15) is 0 Å². The standard InChI is InChI=1S/C14H15ClN2S/c15-12-4-1-5-14(8-12)18-10-13(16)7-11-3-2-6-17-9-11/h1-6,8-9,13H,7,10,16H2. The highest BCUT2D eigenvalue weighted by Gasteiger charge is 2.05. The molecule has 1 atom stereocenters. The van der Waals surface area contributed by atoms with Crippen LogP contribution < -0.4 is 5.73 Å². The van der Waals surface area contributed by atoms with Crippen molar-refractivity contribution in [2.45, 2.75) is 17.4 Å². The molecule has 0 amide bonds. The molecule has 0 fully saturated rings. The molecule has 0 spiro atoms. The highest BCUT2D eigenvalue weighted by Crippen LogP contribution is 2.22. The summed E-state index contributed by atoms with van der Waals surface area (Å²) in [6, 6.07) is 12.0. The zero-order valence-electron chi connectivity index (χ0n) is 9.92. The van der Waals surface area contributed by atoms with Crippen molar-refractivity contribution in [3.8, 4) is 0 Å². The van der Waals surface area contributed by atoms with E-state index in [1.54, 1.807) is 18.0 Å². The third kappa shape index (κ3) is 4.33. The molecule has 2 rings (SSSR count). The predicted molar refractivity (Wildman–Crippen MR) is 78.1 cm³/mol. The minimum Gasteiger partial charge on any atom is -0.327 e. The van der Waals surface area contributed by atoms with Crippen LogP contribution in [0.15, 0.2) is 53.7 Å². The number of hydrogen-bond donors (Lipinski definition) is 1. The van der Waals surface area contributed by atoms with Crippen molar-refractivity contribution < 1.29 is 0 Å². The maximum atomic E-state index is 6.11. The summed E-state index contributed by atoms with van der Waals surface area (Å²) in [5, 5.41) is 0.765. The number of halogens is 1. The molecule has 1 heterocycles. The van der Waals surface area contributed by atoms with Crippen molar-refractivity contribution in [3.63, 3.8) is 0 Å². The summed E-state index contributed by atoms with van der Waals surface area (Å²) in [5.41, 5.74) is 7.29. The average Bonchev–Trinajstić information content (AvgIpc) is 2.38. The van der Waals surface area contributed by atoms with Gasteiger partial charge in [0.2, 0.25) is 0 Å². The Morgan fingerprint density at radius 1 is 1.28 bits per heavy atom. The fourth-order valence-corrected chi connectivity index (χ4v) is 2.81. The first-order chi connectivity index (χ1) is 8.74. The van der Waals surface area contributed by atoms with Crippen LogP contribution in [0.1, 0.15) is 5.56 Å². The minimum absolute atomic E-state index is 0.123. The van der Waals surface area contributed by atoms with Gasteiger partial charge < -0.3 is 5.73 Å². The lowest BCUT2D eigenvalue weighted by molar-refractivity contribution is 0.746. The van der Waals surface area contributed by atoms with E-state index in [1.165, 1.54) is 5.56 Å². The highest BCUT2D eigenvalue weighted by atomic mass is 35.5. The lowest BCUT2D eigenvalue weighted by atomic mass is 10.1. The summed E-state index contributed by atoms with van der Waals surface area (Å²) < 4.78 is 0. The van der Waals surface area contributed by atoms with Gasteiger partial charge in [-0.3, -0.25) is 4.98 Å². The first-order valence-electron chi connectivity index (χ1n) is 5.77. The largest absolute Gasteiger partial charge is 0.327 e. The normalized spacial score (nSPS) is 12.3. The molecule has 1 unspecified atom stereocenters. The number of nitrogens with zero attached hydrogens (tertiary/aromatic N) is 1. The van der Waals surface area contributed by atoms with Gasteiger partial charge in [0.1, 0.15) is 0 Å². The first kappa shape index (κ1) is 13.4. The van der Waals surface area contributed by atoms with E-state index in [2.05, 4.69) is 11.1 Å². The van der Waals surface area contributed by atoms with E-state index >= 15 is 0 Å². The van der Waals surface area contributed by atoms with Crippen LogP contribution in [0.4, 0.5) is 0 Å². The Morgan fingerprint density at radius 2 is 2.17 bits per heavy atom. The van der Waals surface area contributed by atoms with Gasteiger partial charge in [-0.15, -0.1) is 11.8 Å². The molecule has 0 saturated heterocycles. The third-order valence-corrected chi connectivity index (χ3v) is 3.90. The van der Waals surface area contributed by atoms with Crippen LogP contribution in [0.2, 0.25) is 5.02 Å². The molecule has 18 heavy (non-hydrogen) atoms. The van der Waals surface area contributed by atoms with E-state index in [1.807, 2.05) is 36.5 Å². The summed E-state index contributed by atoms with van der Waals surface area (Å²) >= 11 is 7.67.